The summed E-state index contributed by atoms with van der Waals surface area (Å²) in [6.45, 7) is 0. The molecule has 3 rings (SSSR count). The minimum absolute atomic E-state index is 0.413. The lowest BCUT2D eigenvalue weighted by atomic mass is 10.0. The Kier molecular flexibility index (Phi) is 3.91. The van der Waals surface area contributed by atoms with Crippen molar-refractivity contribution in [3.05, 3.63) is 39.4 Å². The van der Waals surface area contributed by atoms with Gasteiger partial charge in [-0.2, -0.15) is 0 Å². The maximum absolute atomic E-state index is 11.3. The molecule has 6 heteroatoms. The molecular formula is C15H12BrNO3S. The molecule has 0 amide bonds. The molecule has 108 valence electrons. The van der Waals surface area contributed by atoms with Gasteiger partial charge in [-0.1, -0.05) is 27.7 Å². The fourth-order valence-corrected chi connectivity index (χ4v) is 4.04. The summed E-state index contributed by atoms with van der Waals surface area (Å²) in [5.41, 5.74) is 1.69. The highest BCUT2D eigenvalue weighted by atomic mass is 79.9. The molecule has 0 saturated heterocycles. The van der Waals surface area contributed by atoms with Gasteiger partial charge in [0.1, 0.15) is 23.7 Å². The second kappa shape index (κ2) is 5.69. The van der Waals surface area contributed by atoms with Crippen molar-refractivity contribution in [3.8, 4) is 5.75 Å². The highest BCUT2D eigenvalue weighted by Gasteiger charge is 2.31. The second-order valence-electron chi connectivity index (χ2n) is 4.47. The van der Waals surface area contributed by atoms with E-state index in [4.69, 9.17) is 9.47 Å². The zero-order chi connectivity index (χ0) is 15.0. The van der Waals surface area contributed by atoms with E-state index in [1.807, 2.05) is 24.3 Å². The zero-order valence-electron chi connectivity index (χ0n) is 11.4. The predicted molar refractivity (Wildman–Crippen MR) is 86.5 cm³/mol. The first-order valence-corrected chi connectivity index (χ1v) is 7.84. The van der Waals surface area contributed by atoms with Crippen LogP contribution in [0.2, 0.25) is 0 Å². The number of aldehydes is 1. The molecule has 0 fully saturated rings. The largest absolute Gasteiger partial charge is 0.500 e. The molecule has 1 aromatic carbocycles. The Morgan fingerprint density at radius 1 is 1.33 bits per heavy atom. The maximum atomic E-state index is 11.3. The van der Waals surface area contributed by atoms with E-state index < -0.39 is 5.92 Å². The molecular weight excluding hydrogens is 354 g/mol. The Labute approximate surface area is 135 Å². The quantitative estimate of drug-likeness (QED) is 0.763. The number of nitrogens with zero attached hydrogens (tertiary/aromatic N) is 1. The zero-order valence-corrected chi connectivity index (χ0v) is 13.8. The first-order valence-electron chi connectivity index (χ1n) is 6.23. The van der Waals surface area contributed by atoms with Gasteiger partial charge in [-0.3, -0.25) is 0 Å². The molecule has 0 N–H and O–H groups in total. The van der Waals surface area contributed by atoms with E-state index >= 15 is 0 Å². The number of ether oxygens (including phenoxy) is 2. The highest BCUT2D eigenvalue weighted by molar-refractivity contribution is 9.11. The fourth-order valence-electron chi connectivity index (χ4n) is 2.21. The van der Waals surface area contributed by atoms with Gasteiger partial charge < -0.3 is 14.3 Å². The van der Waals surface area contributed by atoms with E-state index in [9.17, 15) is 4.79 Å². The van der Waals surface area contributed by atoms with Gasteiger partial charge in [-0.05, 0) is 18.2 Å². The Balaban J connectivity index is 2.13. The first kappa shape index (κ1) is 14.4. The number of carbonyl (C=O) groups is 1. The molecule has 1 aromatic rings. The lowest BCUT2D eigenvalue weighted by molar-refractivity contribution is -0.109. The van der Waals surface area contributed by atoms with Crippen LogP contribution in [0.1, 0.15) is 0 Å². The monoisotopic (exact) mass is 365 g/mol. The molecule has 21 heavy (non-hydrogen) atoms. The van der Waals surface area contributed by atoms with Crippen LogP contribution in [0.3, 0.4) is 0 Å². The van der Waals surface area contributed by atoms with E-state index in [0.717, 1.165) is 37.7 Å². The van der Waals surface area contributed by atoms with Crippen molar-refractivity contribution in [1.82, 2.24) is 0 Å². The molecule has 1 unspecified atom stereocenters. The lowest BCUT2D eigenvalue weighted by Crippen LogP contribution is -2.19. The van der Waals surface area contributed by atoms with E-state index in [-0.39, 0.29) is 0 Å². The van der Waals surface area contributed by atoms with E-state index in [1.54, 1.807) is 26.0 Å². The lowest BCUT2D eigenvalue weighted by Gasteiger charge is -2.25. The Bertz CT molecular complexity index is 709. The molecule has 1 aliphatic heterocycles. The molecule has 1 heterocycles. The summed E-state index contributed by atoms with van der Waals surface area (Å²) in [6, 6.07) is 5.75. The summed E-state index contributed by atoms with van der Waals surface area (Å²) in [5, 5.41) is 0. The summed E-state index contributed by atoms with van der Waals surface area (Å²) < 4.78 is 11.3. The van der Waals surface area contributed by atoms with Crippen LogP contribution in [-0.4, -0.2) is 26.2 Å². The van der Waals surface area contributed by atoms with Crippen molar-refractivity contribution in [1.29, 1.82) is 0 Å². The number of benzene rings is 1. The van der Waals surface area contributed by atoms with Gasteiger partial charge in [0, 0.05) is 20.4 Å². The normalized spacial score (nSPS) is 20.0. The number of thioether (sulfide) groups is 1. The van der Waals surface area contributed by atoms with Crippen LogP contribution in [0, 0.1) is 5.92 Å². The summed E-state index contributed by atoms with van der Waals surface area (Å²) in [4.78, 5) is 17.9. The van der Waals surface area contributed by atoms with Gasteiger partial charge in [0.15, 0.2) is 0 Å². The van der Waals surface area contributed by atoms with Crippen molar-refractivity contribution in [2.75, 3.05) is 14.2 Å². The number of allylic oxidation sites excluding steroid dienone is 3. The van der Waals surface area contributed by atoms with Crippen molar-refractivity contribution in [2.24, 2.45) is 10.9 Å². The minimum atomic E-state index is -0.413. The van der Waals surface area contributed by atoms with Crippen molar-refractivity contribution < 1.29 is 14.3 Å². The van der Waals surface area contributed by atoms with E-state index in [1.165, 1.54) is 0 Å². The number of halogens is 1. The summed E-state index contributed by atoms with van der Waals surface area (Å²) in [6.07, 6.45) is 2.68. The summed E-state index contributed by atoms with van der Waals surface area (Å²) in [7, 11) is 3.19. The maximum Gasteiger partial charge on any atom is 0.135 e. The van der Waals surface area contributed by atoms with E-state index in [0.29, 0.717) is 5.76 Å². The number of rotatable bonds is 3. The number of methoxy groups -OCH3 is 2. The van der Waals surface area contributed by atoms with Crippen LogP contribution >= 0.6 is 27.7 Å². The van der Waals surface area contributed by atoms with Gasteiger partial charge in [0.2, 0.25) is 0 Å². The minimum Gasteiger partial charge on any atom is -0.500 e. The van der Waals surface area contributed by atoms with Crippen molar-refractivity contribution in [2.45, 2.75) is 4.90 Å². The number of aliphatic imine (C=N–C) groups is 1. The standard InChI is InChI=1S/C15H12BrNO3S/c1-19-8-3-4-10-13(5-8)21-15-11(17-10)6-12(20-2)9(7-18)14(15)16/h3-7,9H,1-2H3. The molecule has 0 bridgehead atoms. The molecule has 0 saturated carbocycles. The van der Waals surface area contributed by atoms with Gasteiger partial charge >= 0.3 is 0 Å². The molecule has 1 aliphatic carbocycles. The molecule has 1 atom stereocenters. The summed E-state index contributed by atoms with van der Waals surface area (Å²) >= 11 is 5.09. The smallest absolute Gasteiger partial charge is 0.135 e. The first-order chi connectivity index (χ1) is 10.2. The third kappa shape index (κ3) is 2.42. The molecule has 0 aromatic heterocycles. The second-order valence-corrected chi connectivity index (χ2v) is 6.38. The third-order valence-corrected chi connectivity index (χ3v) is 5.63. The molecule has 2 aliphatic rings. The van der Waals surface area contributed by atoms with Crippen molar-refractivity contribution in [3.63, 3.8) is 0 Å². The van der Waals surface area contributed by atoms with Crippen LogP contribution in [0.15, 0.2) is 49.3 Å². The van der Waals surface area contributed by atoms with Crippen LogP contribution < -0.4 is 4.74 Å². The van der Waals surface area contributed by atoms with E-state index in [2.05, 4.69) is 20.9 Å². The Morgan fingerprint density at radius 2 is 2.14 bits per heavy atom. The SMILES string of the molecule is COC1=CC2=Nc3ccc(OC)cc3SC2=C(Br)C1C=O. The average molecular weight is 366 g/mol. The summed E-state index contributed by atoms with van der Waals surface area (Å²) in [5.74, 6) is 0.966. The van der Waals surface area contributed by atoms with Gasteiger partial charge in [0.25, 0.3) is 0 Å². The Hall–Kier alpha value is -1.53. The number of carbonyl (C=O) groups excluding carboxylic acids is 1. The molecule has 0 radical (unpaired) electrons. The molecule has 0 spiro atoms. The number of hydrogen-bond donors (Lipinski definition) is 0. The number of hydrogen-bond acceptors (Lipinski definition) is 5. The van der Waals surface area contributed by atoms with Crippen LogP contribution in [0.5, 0.6) is 5.75 Å². The topological polar surface area (TPSA) is 47.9 Å². The van der Waals surface area contributed by atoms with Gasteiger partial charge in [-0.25, -0.2) is 4.99 Å². The van der Waals surface area contributed by atoms with Crippen LogP contribution in [-0.2, 0) is 9.53 Å². The highest BCUT2D eigenvalue weighted by Crippen LogP contribution is 2.48. The number of fused-ring (bicyclic) bond motifs is 2. The van der Waals surface area contributed by atoms with Crippen LogP contribution in [0.25, 0.3) is 0 Å². The Morgan fingerprint density at radius 3 is 2.81 bits per heavy atom. The van der Waals surface area contributed by atoms with Gasteiger partial charge in [0.05, 0.1) is 25.6 Å². The predicted octanol–water partition coefficient (Wildman–Crippen LogP) is 3.84. The molecule has 4 nitrogen and oxygen atoms in total. The van der Waals surface area contributed by atoms with Crippen LogP contribution in [0.4, 0.5) is 5.69 Å². The van der Waals surface area contributed by atoms with Crippen molar-refractivity contribution >= 4 is 45.4 Å². The fraction of sp³-hybridized carbons (Fsp3) is 0.200. The third-order valence-electron chi connectivity index (χ3n) is 3.30. The van der Waals surface area contributed by atoms with Gasteiger partial charge in [-0.15, -0.1) is 0 Å². The average Bonchev–Trinajstić information content (AvgIpc) is 2.52.